The first-order valence-corrected chi connectivity index (χ1v) is 7.69. The van der Waals surface area contributed by atoms with E-state index in [2.05, 4.69) is 4.99 Å². The molecular formula is C17H17Cl2N3O. The summed E-state index contributed by atoms with van der Waals surface area (Å²) in [4.78, 5) is 18.5. The standard InChI is InChI=1S/C17H17Cl2N3O/c1-21(2)17(20-11-23)13-9-10-14(18)15(19)16(13)22(3)12-7-5-4-6-8-12/h4-11H,1-3H3. The summed E-state index contributed by atoms with van der Waals surface area (Å²) < 4.78 is 0. The number of halogens is 2. The number of hydrogen-bond acceptors (Lipinski definition) is 2. The van der Waals surface area contributed by atoms with Crippen molar-refractivity contribution in [1.82, 2.24) is 4.90 Å². The topological polar surface area (TPSA) is 35.9 Å². The number of anilines is 2. The van der Waals surface area contributed by atoms with Crippen LogP contribution in [0, 0.1) is 0 Å². The maximum absolute atomic E-state index is 10.9. The Kier molecular flexibility index (Phi) is 5.64. The van der Waals surface area contributed by atoms with Gasteiger partial charge in [0.15, 0.2) is 0 Å². The van der Waals surface area contributed by atoms with Crippen LogP contribution >= 0.6 is 23.2 Å². The fourth-order valence-corrected chi connectivity index (χ4v) is 2.75. The minimum Gasteiger partial charge on any atom is -0.362 e. The maximum atomic E-state index is 10.9. The lowest BCUT2D eigenvalue weighted by atomic mass is 10.1. The van der Waals surface area contributed by atoms with E-state index in [9.17, 15) is 4.79 Å². The first-order chi connectivity index (χ1) is 11.0. The Morgan fingerprint density at radius 2 is 1.70 bits per heavy atom. The van der Waals surface area contributed by atoms with Gasteiger partial charge in [-0.25, -0.2) is 0 Å². The number of carbonyl (C=O) groups excluding carboxylic acids is 1. The Labute approximate surface area is 145 Å². The molecule has 23 heavy (non-hydrogen) atoms. The summed E-state index contributed by atoms with van der Waals surface area (Å²) in [5, 5.41) is 0.855. The van der Waals surface area contributed by atoms with Crippen LogP contribution in [0.1, 0.15) is 5.56 Å². The second-order valence-corrected chi connectivity index (χ2v) is 5.89. The van der Waals surface area contributed by atoms with E-state index in [4.69, 9.17) is 23.2 Å². The lowest BCUT2D eigenvalue weighted by molar-refractivity contribution is -0.106. The number of amides is 1. The van der Waals surface area contributed by atoms with Crippen molar-refractivity contribution >= 4 is 46.8 Å². The molecule has 2 rings (SSSR count). The monoisotopic (exact) mass is 349 g/mol. The van der Waals surface area contributed by atoms with Crippen molar-refractivity contribution in [3.63, 3.8) is 0 Å². The first-order valence-electron chi connectivity index (χ1n) is 6.93. The van der Waals surface area contributed by atoms with E-state index in [1.165, 1.54) is 0 Å². The van der Waals surface area contributed by atoms with Crippen molar-refractivity contribution in [1.29, 1.82) is 0 Å². The molecule has 0 spiro atoms. The van der Waals surface area contributed by atoms with Crippen LogP contribution < -0.4 is 4.90 Å². The second-order valence-electron chi connectivity index (χ2n) is 5.10. The molecule has 0 atom stereocenters. The van der Waals surface area contributed by atoms with Gasteiger partial charge >= 0.3 is 0 Å². The van der Waals surface area contributed by atoms with Crippen molar-refractivity contribution in [2.75, 3.05) is 26.0 Å². The van der Waals surface area contributed by atoms with Gasteiger partial charge in [-0.05, 0) is 24.3 Å². The van der Waals surface area contributed by atoms with Gasteiger partial charge in [0, 0.05) is 32.4 Å². The zero-order chi connectivity index (χ0) is 17.0. The molecule has 0 saturated heterocycles. The molecule has 0 aliphatic carbocycles. The van der Waals surface area contributed by atoms with E-state index in [0.29, 0.717) is 28.0 Å². The summed E-state index contributed by atoms with van der Waals surface area (Å²) in [6.07, 6.45) is 0.518. The molecular weight excluding hydrogens is 333 g/mol. The van der Waals surface area contributed by atoms with Gasteiger partial charge in [0.1, 0.15) is 5.84 Å². The Morgan fingerprint density at radius 3 is 2.26 bits per heavy atom. The number of benzene rings is 2. The van der Waals surface area contributed by atoms with Crippen molar-refractivity contribution in [3.05, 3.63) is 58.1 Å². The van der Waals surface area contributed by atoms with Crippen molar-refractivity contribution in [2.24, 2.45) is 4.99 Å². The molecule has 2 aromatic rings. The summed E-state index contributed by atoms with van der Waals surface area (Å²) in [5.74, 6) is 0.511. The Morgan fingerprint density at radius 1 is 1.04 bits per heavy atom. The molecule has 0 aliphatic heterocycles. The van der Waals surface area contributed by atoms with Gasteiger partial charge in [-0.3, -0.25) is 4.79 Å². The number of nitrogens with zero attached hydrogens (tertiary/aromatic N) is 3. The van der Waals surface area contributed by atoms with Gasteiger partial charge < -0.3 is 9.80 Å². The van der Waals surface area contributed by atoms with E-state index in [1.54, 1.807) is 11.0 Å². The average molecular weight is 350 g/mol. The molecule has 4 nitrogen and oxygen atoms in total. The van der Waals surface area contributed by atoms with Crippen LogP contribution in [0.2, 0.25) is 10.0 Å². The van der Waals surface area contributed by atoms with Crippen LogP contribution in [0.4, 0.5) is 11.4 Å². The zero-order valence-electron chi connectivity index (χ0n) is 13.1. The van der Waals surface area contributed by atoms with Gasteiger partial charge in [-0.15, -0.1) is 0 Å². The molecule has 0 aliphatic rings. The van der Waals surface area contributed by atoms with Crippen LogP contribution in [0.25, 0.3) is 0 Å². The van der Waals surface area contributed by atoms with Gasteiger partial charge in [0.25, 0.3) is 0 Å². The van der Waals surface area contributed by atoms with Crippen LogP contribution in [0.3, 0.4) is 0 Å². The minimum atomic E-state index is 0.413. The molecule has 0 aromatic heterocycles. The average Bonchev–Trinajstić information content (AvgIpc) is 2.55. The molecule has 120 valence electrons. The quantitative estimate of drug-likeness (QED) is 0.470. The highest BCUT2D eigenvalue weighted by Crippen LogP contribution is 2.39. The van der Waals surface area contributed by atoms with E-state index < -0.39 is 0 Å². The predicted molar refractivity (Wildman–Crippen MR) is 97.3 cm³/mol. The summed E-state index contributed by atoms with van der Waals surface area (Å²) >= 11 is 12.7. The van der Waals surface area contributed by atoms with Crippen molar-refractivity contribution < 1.29 is 4.79 Å². The van der Waals surface area contributed by atoms with E-state index in [-0.39, 0.29) is 0 Å². The molecule has 0 fully saturated rings. The van der Waals surface area contributed by atoms with Crippen molar-refractivity contribution in [2.45, 2.75) is 0 Å². The smallest absolute Gasteiger partial charge is 0.234 e. The van der Waals surface area contributed by atoms with Crippen LogP contribution in [0.5, 0.6) is 0 Å². The molecule has 0 heterocycles. The lowest BCUT2D eigenvalue weighted by Gasteiger charge is -2.26. The second kappa shape index (κ2) is 7.49. The molecule has 2 aromatic carbocycles. The fourth-order valence-electron chi connectivity index (χ4n) is 2.30. The lowest BCUT2D eigenvalue weighted by Crippen LogP contribution is -2.26. The maximum Gasteiger partial charge on any atom is 0.234 e. The molecule has 0 unspecified atom stereocenters. The van der Waals surface area contributed by atoms with E-state index in [1.807, 2.05) is 62.4 Å². The summed E-state index contributed by atoms with van der Waals surface area (Å²) in [5.41, 5.74) is 2.37. The number of carbonyl (C=O) groups is 1. The molecule has 0 bridgehead atoms. The SMILES string of the molecule is CN(C)C(=NC=O)c1ccc(Cl)c(Cl)c1N(C)c1ccccc1. The highest BCUT2D eigenvalue weighted by atomic mass is 35.5. The van der Waals surface area contributed by atoms with Crippen LogP contribution in [0.15, 0.2) is 47.5 Å². The van der Waals surface area contributed by atoms with Crippen molar-refractivity contribution in [3.8, 4) is 0 Å². The third-order valence-corrected chi connectivity index (χ3v) is 4.18. The number of rotatable bonds is 4. The highest BCUT2D eigenvalue weighted by Gasteiger charge is 2.20. The predicted octanol–water partition coefficient (Wildman–Crippen LogP) is 4.23. The van der Waals surface area contributed by atoms with E-state index in [0.717, 1.165) is 11.3 Å². The first kappa shape index (κ1) is 17.3. The fraction of sp³-hybridized carbons (Fsp3) is 0.176. The van der Waals surface area contributed by atoms with Gasteiger partial charge in [0.2, 0.25) is 6.41 Å². The third-order valence-electron chi connectivity index (χ3n) is 3.39. The van der Waals surface area contributed by atoms with Crippen LogP contribution in [-0.4, -0.2) is 38.3 Å². The molecule has 6 heteroatoms. The molecule has 0 radical (unpaired) electrons. The number of hydrogen-bond donors (Lipinski definition) is 0. The zero-order valence-corrected chi connectivity index (χ0v) is 14.6. The van der Waals surface area contributed by atoms with Gasteiger partial charge in [0.05, 0.1) is 15.7 Å². The minimum absolute atomic E-state index is 0.413. The summed E-state index contributed by atoms with van der Waals surface area (Å²) in [6, 6.07) is 13.3. The Hall–Kier alpha value is -2.04. The summed E-state index contributed by atoms with van der Waals surface area (Å²) in [7, 11) is 5.53. The largest absolute Gasteiger partial charge is 0.362 e. The Bertz CT molecular complexity index is 730. The number of aliphatic imine (C=N–C) groups is 1. The Balaban J connectivity index is 2.68. The van der Waals surface area contributed by atoms with Crippen LogP contribution in [-0.2, 0) is 4.79 Å². The van der Waals surface area contributed by atoms with Gasteiger partial charge in [-0.2, -0.15) is 4.99 Å². The molecule has 0 N–H and O–H groups in total. The molecule has 1 amide bonds. The highest BCUT2D eigenvalue weighted by molar-refractivity contribution is 6.44. The third kappa shape index (κ3) is 3.66. The van der Waals surface area contributed by atoms with Gasteiger partial charge in [-0.1, -0.05) is 41.4 Å². The molecule has 0 saturated carbocycles. The summed E-state index contributed by atoms with van der Waals surface area (Å²) in [6.45, 7) is 0. The number of amidine groups is 1. The van der Waals surface area contributed by atoms with E-state index >= 15 is 0 Å². The normalized spacial score (nSPS) is 11.3. The number of para-hydroxylation sites is 1.